The number of carbonyl (C=O) groups excluding carboxylic acids is 3. The summed E-state index contributed by atoms with van der Waals surface area (Å²) in [4.78, 5) is 42.7. The summed E-state index contributed by atoms with van der Waals surface area (Å²) in [6.07, 6.45) is 0.800. The Balaban J connectivity index is 1.44. The third-order valence-electron chi connectivity index (χ3n) is 6.39. The lowest BCUT2D eigenvalue weighted by Crippen LogP contribution is -2.54. The quantitative estimate of drug-likeness (QED) is 0.617. The predicted octanol–water partition coefficient (Wildman–Crippen LogP) is 4.34. The van der Waals surface area contributed by atoms with Gasteiger partial charge in [-0.25, -0.2) is 0 Å². The highest BCUT2D eigenvalue weighted by atomic mass is 16.5. The molecule has 2 aliphatic rings. The number of rotatable bonds is 4. The van der Waals surface area contributed by atoms with Gasteiger partial charge in [-0.3, -0.25) is 19.3 Å². The Hall–Kier alpha value is -4.13. The van der Waals surface area contributed by atoms with E-state index in [1.807, 2.05) is 55.5 Å². The number of carbonyl (C=O) groups is 3. The monoisotopic (exact) mass is 469 g/mol. The van der Waals surface area contributed by atoms with E-state index < -0.39 is 5.60 Å². The van der Waals surface area contributed by atoms with Gasteiger partial charge in [0.1, 0.15) is 12.3 Å². The molecule has 7 nitrogen and oxygen atoms in total. The Kier molecular flexibility index (Phi) is 5.55. The highest BCUT2D eigenvalue weighted by molar-refractivity contribution is 6.11. The molecule has 3 aromatic rings. The van der Waals surface area contributed by atoms with Crippen LogP contribution in [0.25, 0.3) is 0 Å². The Morgan fingerprint density at radius 1 is 1.00 bits per heavy atom. The van der Waals surface area contributed by atoms with E-state index in [1.54, 1.807) is 36.9 Å². The number of benzene rings is 3. The summed E-state index contributed by atoms with van der Waals surface area (Å²) in [7, 11) is 0. The molecule has 0 aliphatic carbocycles. The number of amides is 3. The smallest absolute Gasteiger partial charge is 0.271 e. The first-order chi connectivity index (χ1) is 16.7. The van der Waals surface area contributed by atoms with Crippen LogP contribution in [0.5, 0.6) is 5.75 Å². The molecule has 178 valence electrons. The summed E-state index contributed by atoms with van der Waals surface area (Å²) in [6.45, 7) is 5.71. The Bertz CT molecular complexity index is 1330. The van der Waals surface area contributed by atoms with Gasteiger partial charge in [0.2, 0.25) is 5.91 Å². The Morgan fingerprint density at radius 3 is 2.51 bits per heavy atom. The number of hydrogen-bond donors (Lipinski definition) is 1. The van der Waals surface area contributed by atoms with Gasteiger partial charge in [0.15, 0.2) is 5.60 Å². The third-order valence-corrected chi connectivity index (χ3v) is 6.39. The lowest BCUT2D eigenvalue weighted by Gasteiger charge is -2.38. The number of nitrogens with zero attached hydrogens (tertiary/aromatic N) is 2. The van der Waals surface area contributed by atoms with E-state index in [2.05, 4.69) is 5.32 Å². The summed E-state index contributed by atoms with van der Waals surface area (Å²) < 4.78 is 5.94. The van der Waals surface area contributed by atoms with Crippen molar-refractivity contribution in [2.45, 2.75) is 32.8 Å². The number of para-hydroxylation sites is 1. The summed E-state index contributed by atoms with van der Waals surface area (Å²) in [5.41, 5.74) is 3.47. The lowest BCUT2D eigenvalue weighted by molar-refractivity contribution is -0.133. The second kappa shape index (κ2) is 8.58. The molecule has 1 N–H and O–H groups in total. The van der Waals surface area contributed by atoms with Gasteiger partial charge in [0.05, 0.1) is 5.69 Å². The first-order valence-corrected chi connectivity index (χ1v) is 11.6. The first-order valence-electron chi connectivity index (χ1n) is 11.6. The van der Waals surface area contributed by atoms with Gasteiger partial charge in [-0.05, 0) is 69.2 Å². The minimum absolute atomic E-state index is 0.154. The molecule has 0 saturated heterocycles. The molecule has 2 heterocycles. The Labute approximate surface area is 204 Å². The minimum atomic E-state index is -1.14. The van der Waals surface area contributed by atoms with Gasteiger partial charge in [-0.2, -0.15) is 0 Å². The van der Waals surface area contributed by atoms with Crippen LogP contribution in [0.1, 0.15) is 35.3 Å². The molecule has 3 amide bonds. The van der Waals surface area contributed by atoms with E-state index in [1.165, 1.54) is 4.90 Å². The molecule has 0 atom stereocenters. The molecular formula is C28H27N3O4. The third kappa shape index (κ3) is 4.25. The summed E-state index contributed by atoms with van der Waals surface area (Å²) in [6, 6.07) is 20.3. The van der Waals surface area contributed by atoms with Gasteiger partial charge in [0.25, 0.3) is 11.8 Å². The highest BCUT2D eigenvalue weighted by Crippen LogP contribution is 2.39. The maximum Gasteiger partial charge on any atom is 0.271 e. The maximum atomic E-state index is 13.4. The van der Waals surface area contributed by atoms with Crippen molar-refractivity contribution in [3.63, 3.8) is 0 Å². The molecule has 0 bridgehead atoms. The second-order valence-electron chi connectivity index (χ2n) is 9.44. The normalized spacial score (nSPS) is 15.8. The molecule has 35 heavy (non-hydrogen) atoms. The molecule has 0 saturated carbocycles. The number of ether oxygens (including phenoxy) is 1. The van der Waals surface area contributed by atoms with Gasteiger partial charge >= 0.3 is 0 Å². The van der Waals surface area contributed by atoms with E-state index in [4.69, 9.17) is 4.74 Å². The Morgan fingerprint density at radius 2 is 1.74 bits per heavy atom. The predicted molar refractivity (Wildman–Crippen MR) is 135 cm³/mol. The molecule has 0 unspecified atom stereocenters. The van der Waals surface area contributed by atoms with Crippen molar-refractivity contribution in [3.8, 4) is 5.75 Å². The molecule has 0 spiro atoms. The molecule has 3 aromatic carbocycles. The summed E-state index contributed by atoms with van der Waals surface area (Å²) in [5, 5.41) is 2.84. The second-order valence-corrected chi connectivity index (χ2v) is 9.44. The molecule has 0 aromatic heterocycles. The fourth-order valence-electron chi connectivity index (χ4n) is 4.54. The van der Waals surface area contributed by atoms with Crippen molar-refractivity contribution in [3.05, 3.63) is 83.4 Å². The van der Waals surface area contributed by atoms with Crippen LogP contribution < -0.4 is 19.9 Å². The number of fused-ring (bicyclic) bond motifs is 2. The zero-order valence-electron chi connectivity index (χ0n) is 20.0. The van der Waals surface area contributed by atoms with Crippen LogP contribution in [0, 0.1) is 6.92 Å². The number of aryl methyl sites for hydroxylation is 1. The van der Waals surface area contributed by atoms with Crippen LogP contribution in [-0.2, 0) is 16.0 Å². The van der Waals surface area contributed by atoms with Crippen molar-refractivity contribution < 1.29 is 19.1 Å². The van der Waals surface area contributed by atoms with Crippen LogP contribution in [0.4, 0.5) is 17.1 Å². The molecule has 5 rings (SSSR count). The number of nitrogens with one attached hydrogen (secondary N) is 1. The average molecular weight is 470 g/mol. The van der Waals surface area contributed by atoms with Crippen LogP contribution >= 0.6 is 0 Å². The van der Waals surface area contributed by atoms with E-state index in [9.17, 15) is 14.4 Å². The summed E-state index contributed by atoms with van der Waals surface area (Å²) >= 11 is 0. The lowest BCUT2D eigenvalue weighted by atomic mass is 10.0. The van der Waals surface area contributed by atoms with Gasteiger partial charge in [-0.15, -0.1) is 0 Å². The van der Waals surface area contributed by atoms with Crippen molar-refractivity contribution >= 4 is 34.8 Å². The van der Waals surface area contributed by atoms with Gasteiger partial charge in [0, 0.05) is 23.5 Å². The van der Waals surface area contributed by atoms with Crippen molar-refractivity contribution in [2.24, 2.45) is 0 Å². The van der Waals surface area contributed by atoms with Gasteiger partial charge in [-0.1, -0.05) is 35.9 Å². The number of anilines is 3. The maximum absolute atomic E-state index is 13.4. The molecule has 2 aliphatic heterocycles. The molecule has 0 radical (unpaired) electrons. The van der Waals surface area contributed by atoms with Crippen LogP contribution in [0.3, 0.4) is 0 Å². The topological polar surface area (TPSA) is 79.0 Å². The van der Waals surface area contributed by atoms with Crippen molar-refractivity contribution in [1.29, 1.82) is 0 Å². The van der Waals surface area contributed by atoms with E-state index in [0.717, 1.165) is 23.2 Å². The van der Waals surface area contributed by atoms with Crippen LogP contribution in [-0.4, -0.2) is 36.4 Å². The summed E-state index contributed by atoms with van der Waals surface area (Å²) in [5.74, 6) is -0.383. The van der Waals surface area contributed by atoms with Crippen LogP contribution in [0.2, 0.25) is 0 Å². The van der Waals surface area contributed by atoms with E-state index >= 15 is 0 Å². The SMILES string of the molecule is Cc1ccc(NC(=O)CN2C(=O)C(C)(C)Oc3ccc(C(=O)N4CCc5ccccc54)cc32)cc1. The largest absolute Gasteiger partial charge is 0.476 e. The number of hydrogen-bond acceptors (Lipinski definition) is 4. The van der Waals surface area contributed by atoms with Gasteiger partial charge < -0.3 is 15.0 Å². The highest BCUT2D eigenvalue weighted by Gasteiger charge is 2.42. The fraction of sp³-hybridized carbons (Fsp3) is 0.250. The fourth-order valence-corrected chi connectivity index (χ4v) is 4.54. The van der Waals surface area contributed by atoms with Crippen LogP contribution in [0.15, 0.2) is 66.7 Å². The van der Waals surface area contributed by atoms with Crippen molar-refractivity contribution in [2.75, 3.05) is 28.2 Å². The van der Waals surface area contributed by atoms with E-state index in [0.29, 0.717) is 29.2 Å². The minimum Gasteiger partial charge on any atom is -0.476 e. The zero-order chi connectivity index (χ0) is 24.7. The van der Waals surface area contributed by atoms with Crippen molar-refractivity contribution in [1.82, 2.24) is 0 Å². The molecule has 0 fully saturated rings. The molecular weight excluding hydrogens is 442 g/mol. The van der Waals surface area contributed by atoms with E-state index in [-0.39, 0.29) is 24.3 Å². The average Bonchev–Trinajstić information content (AvgIpc) is 3.27. The molecule has 7 heteroatoms. The first kappa shape index (κ1) is 22.7. The standard InChI is InChI=1S/C28H27N3O4/c1-18-8-11-21(12-9-18)29-25(32)17-31-23-16-20(10-13-24(23)35-28(2,3)27(31)34)26(33)30-15-14-19-6-4-5-7-22(19)30/h4-13,16H,14-15,17H2,1-3H3,(H,29,32). The zero-order valence-corrected chi connectivity index (χ0v) is 20.0.